The molecule has 1 N–H and O–H groups in total. The molecule has 1 heterocycles. The maximum Gasteiger partial charge on any atom is 0.0748 e. The summed E-state index contributed by atoms with van der Waals surface area (Å²) in [4.78, 5) is 0. The van der Waals surface area contributed by atoms with Crippen LogP contribution in [0.2, 0.25) is 5.02 Å². The SMILES string of the molecule is Clc1cc(Br)ccc1NCC1CCCO1. The highest BCUT2D eigenvalue weighted by atomic mass is 79.9. The molecule has 0 aliphatic carbocycles. The first-order valence-electron chi connectivity index (χ1n) is 5.06. The van der Waals surface area contributed by atoms with Crippen molar-refractivity contribution in [3.8, 4) is 0 Å². The largest absolute Gasteiger partial charge is 0.381 e. The van der Waals surface area contributed by atoms with Gasteiger partial charge in [-0.15, -0.1) is 0 Å². The molecular formula is C11H13BrClNO. The Hall–Kier alpha value is -0.250. The fourth-order valence-corrected chi connectivity index (χ4v) is 2.40. The monoisotopic (exact) mass is 289 g/mol. The third-order valence-electron chi connectivity index (χ3n) is 2.48. The Morgan fingerprint density at radius 3 is 3.07 bits per heavy atom. The van der Waals surface area contributed by atoms with Crippen molar-refractivity contribution in [1.29, 1.82) is 0 Å². The highest BCUT2D eigenvalue weighted by Crippen LogP contribution is 2.26. The van der Waals surface area contributed by atoms with Crippen LogP contribution in [0.5, 0.6) is 0 Å². The lowest BCUT2D eigenvalue weighted by Gasteiger charge is -2.13. The predicted molar refractivity (Wildman–Crippen MR) is 66.6 cm³/mol. The quantitative estimate of drug-likeness (QED) is 0.916. The van der Waals surface area contributed by atoms with Crippen molar-refractivity contribution >= 4 is 33.2 Å². The van der Waals surface area contributed by atoms with Gasteiger partial charge in [-0.2, -0.15) is 0 Å². The Labute approximate surface area is 103 Å². The molecule has 1 fully saturated rings. The van der Waals surface area contributed by atoms with Crippen LogP contribution < -0.4 is 5.32 Å². The second-order valence-electron chi connectivity index (χ2n) is 3.64. The smallest absolute Gasteiger partial charge is 0.0748 e. The molecule has 0 bridgehead atoms. The molecule has 1 aliphatic rings. The third kappa shape index (κ3) is 3.10. The lowest BCUT2D eigenvalue weighted by Crippen LogP contribution is -2.18. The van der Waals surface area contributed by atoms with E-state index >= 15 is 0 Å². The van der Waals surface area contributed by atoms with E-state index in [9.17, 15) is 0 Å². The second kappa shape index (κ2) is 5.19. The molecule has 0 saturated carbocycles. The number of nitrogens with one attached hydrogen (secondary N) is 1. The molecule has 1 saturated heterocycles. The fraction of sp³-hybridized carbons (Fsp3) is 0.455. The molecule has 15 heavy (non-hydrogen) atoms. The molecule has 1 aliphatic heterocycles. The highest BCUT2D eigenvalue weighted by molar-refractivity contribution is 9.10. The zero-order chi connectivity index (χ0) is 10.7. The van der Waals surface area contributed by atoms with Gasteiger partial charge in [-0.3, -0.25) is 0 Å². The molecule has 1 aromatic carbocycles. The lowest BCUT2D eigenvalue weighted by atomic mass is 10.2. The topological polar surface area (TPSA) is 21.3 Å². The maximum atomic E-state index is 6.08. The zero-order valence-electron chi connectivity index (χ0n) is 8.30. The summed E-state index contributed by atoms with van der Waals surface area (Å²) < 4.78 is 6.52. The highest BCUT2D eigenvalue weighted by Gasteiger charge is 2.15. The number of benzene rings is 1. The van der Waals surface area contributed by atoms with Gasteiger partial charge in [0.05, 0.1) is 16.8 Å². The summed E-state index contributed by atoms with van der Waals surface area (Å²) in [6.45, 7) is 1.72. The van der Waals surface area contributed by atoms with E-state index in [4.69, 9.17) is 16.3 Å². The second-order valence-corrected chi connectivity index (χ2v) is 4.96. The summed E-state index contributed by atoms with van der Waals surface area (Å²) in [5, 5.41) is 4.04. The van der Waals surface area contributed by atoms with Crippen LogP contribution >= 0.6 is 27.5 Å². The van der Waals surface area contributed by atoms with E-state index < -0.39 is 0 Å². The number of hydrogen-bond donors (Lipinski definition) is 1. The van der Waals surface area contributed by atoms with Crippen molar-refractivity contribution in [3.05, 3.63) is 27.7 Å². The normalized spacial score (nSPS) is 20.5. The molecule has 1 aromatic rings. The average Bonchev–Trinajstić information content (AvgIpc) is 2.69. The van der Waals surface area contributed by atoms with Crippen molar-refractivity contribution in [2.45, 2.75) is 18.9 Å². The van der Waals surface area contributed by atoms with Crippen molar-refractivity contribution < 1.29 is 4.74 Å². The van der Waals surface area contributed by atoms with Gasteiger partial charge >= 0.3 is 0 Å². The molecular weight excluding hydrogens is 277 g/mol. The van der Waals surface area contributed by atoms with E-state index in [0.29, 0.717) is 6.10 Å². The lowest BCUT2D eigenvalue weighted by molar-refractivity contribution is 0.120. The third-order valence-corrected chi connectivity index (χ3v) is 3.28. The molecule has 0 aromatic heterocycles. The first kappa shape index (κ1) is 11.2. The first-order valence-corrected chi connectivity index (χ1v) is 6.23. The van der Waals surface area contributed by atoms with Crippen LogP contribution in [0.3, 0.4) is 0 Å². The van der Waals surface area contributed by atoms with Gasteiger partial charge in [-0.1, -0.05) is 27.5 Å². The van der Waals surface area contributed by atoms with E-state index in [1.54, 1.807) is 0 Å². The van der Waals surface area contributed by atoms with Crippen LogP contribution in [0.15, 0.2) is 22.7 Å². The summed E-state index contributed by atoms with van der Waals surface area (Å²) in [6, 6.07) is 5.84. The van der Waals surface area contributed by atoms with Crippen molar-refractivity contribution in [2.75, 3.05) is 18.5 Å². The molecule has 2 rings (SSSR count). The fourth-order valence-electron chi connectivity index (χ4n) is 1.66. The maximum absolute atomic E-state index is 6.08. The van der Waals surface area contributed by atoms with E-state index in [1.807, 2.05) is 18.2 Å². The molecule has 0 spiro atoms. The summed E-state index contributed by atoms with van der Waals surface area (Å²) in [7, 11) is 0. The number of anilines is 1. The van der Waals surface area contributed by atoms with Gasteiger partial charge in [-0.05, 0) is 31.0 Å². The van der Waals surface area contributed by atoms with Crippen molar-refractivity contribution in [3.63, 3.8) is 0 Å². The van der Waals surface area contributed by atoms with Gasteiger partial charge in [0.15, 0.2) is 0 Å². The number of hydrogen-bond acceptors (Lipinski definition) is 2. The van der Waals surface area contributed by atoms with Crippen LogP contribution in [0.25, 0.3) is 0 Å². The molecule has 2 nitrogen and oxygen atoms in total. The summed E-state index contributed by atoms with van der Waals surface area (Å²) in [5.41, 5.74) is 0.968. The van der Waals surface area contributed by atoms with Gasteiger partial charge < -0.3 is 10.1 Å². The zero-order valence-corrected chi connectivity index (χ0v) is 10.6. The van der Waals surface area contributed by atoms with Crippen LogP contribution in [0, 0.1) is 0 Å². The Balaban J connectivity index is 1.92. The summed E-state index contributed by atoms with van der Waals surface area (Å²) >= 11 is 9.46. The predicted octanol–water partition coefficient (Wildman–Crippen LogP) is 3.69. The molecule has 0 radical (unpaired) electrons. The molecule has 1 atom stereocenters. The Bertz CT molecular complexity index is 339. The molecule has 1 unspecified atom stereocenters. The van der Waals surface area contributed by atoms with Crippen molar-refractivity contribution in [2.24, 2.45) is 0 Å². The Morgan fingerprint density at radius 2 is 2.40 bits per heavy atom. The van der Waals surface area contributed by atoms with Crippen LogP contribution in [-0.2, 0) is 4.74 Å². The minimum Gasteiger partial charge on any atom is -0.381 e. The van der Waals surface area contributed by atoms with Crippen molar-refractivity contribution in [1.82, 2.24) is 0 Å². The van der Waals surface area contributed by atoms with E-state index in [1.165, 1.54) is 6.42 Å². The van der Waals surface area contributed by atoms with Crippen LogP contribution in [0.1, 0.15) is 12.8 Å². The van der Waals surface area contributed by atoms with Gasteiger partial charge in [0, 0.05) is 17.6 Å². The standard InChI is InChI=1S/C11H13BrClNO/c12-8-3-4-11(10(13)6-8)14-7-9-2-1-5-15-9/h3-4,6,9,14H,1-2,5,7H2. The van der Waals surface area contributed by atoms with Gasteiger partial charge in [0.1, 0.15) is 0 Å². The Morgan fingerprint density at radius 1 is 1.53 bits per heavy atom. The number of ether oxygens (including phenoxy) is 1. The van der Waals surface area contributed by atoms with Gasteiger partial charge in [0.25, 0.3) is 0 Å². The van der Waals surface area contributed by atoms with Crippen LogP contribution in [0.4, 0.5) is 5.69 Å². The first-order chi connectivity index (χ1) is 7.25. The number of halogens is 2. The Kier molecular flexibility index (Phi) is 3.89. The van der Waals surface area contributed by atoms with Gasteiger partial charge in [-0.25, -0.2) is 0 Å². The molecule has 0 amide bonds. The van der Waals surface area contributed by atoms with E-state index in [2.05, 4.69) is 21.2 Å². The van der Waals surface area contributed by atoms with E-state index in [0.717, 1.165) is 34.8 Å². The van der Waals surface area contributed by atoms with E-state index in [-0.39, 0.29) is 0 Å². The average molecular weight is 291 g/mol. The van der Waals surface area contributed by atoms with Crippen LogP contribution in [-0.4, -0.2) is 19.3 Å². The minimum atomic E-state index is 0.338. The molecule has 82 valence electrons. The number of rotatable bonds is 3. The molecule has 4 heteroatoms. The van der Waals surface area contributed by atoms with Gasteiger partial charge in [0.2, 0.25) is 0 Å². The summed E-state index contributed by atoms with van der Waals surface area (Å²) in [6.07, 6.45) is 2.64. The minimum absolute atomic E-state index is 0.338. The summed E-state index contributed by atoms with van der Waals surface area (Å²) in [5.74, 6) is 0.